The standard InChI is InChI=1S/C25H32N4O3/c1-24(2,3)18-9-6-16(7-10-18)23(32)29-13-21(30)28-19-12-17(8-11-20(19)29)22(31)27-15-25(4,5)14-26/h6-12H,13-15,26H2,1-5H3,(H,27,31)(H,28,30). The molecule has 0 spiro atoms. The first-order valence-corrected chi connectivity index (χ1v) is 10.8. The highest BCUT2D eigenvalue weighted by Gasteiger charge is 2.29. The van der Waals surface area contributed by atoms with Gasteiger partial charge in [0.1, 0.15) is 6.54 Å². The Hall–Kier alpha value is -3.19. The van der Waals surface area contributed by atoms with Crippen LogP contribution in [0.3, 0.4) is 0 Å². The maximum absolute atomic E-state index is 13.2. The molecule has 32 heavy (non-hydrogen) atoms. The molecule has 1 aliphatic rings. The number of rotatable bonds is 5. The fraction of sp³-hybridized carbons (Fsp3) is 0.400. The second-order valence-electron chi connectivity index (χ2n) is 10.0. The molecule has 0 bridgehead atoms. The SMILES string of the molecule is CC(C)(CN)CNC(=O)c1ccc2c(c1)NC(=O)CN2C(=O)c1ccc(C(C)(C)C)cc1. The summed E-state index contributed by atoms with van der Waals surface area (Å²) in [6.07, 6.45) is 0. The van der Waals surface area contributed by atoms with Gasteiger partial charge in [-0.1, -0.05) is 46.8 Å². The van der Waals surface area contributed by atoms with E-state index < -0.39 is 0 Å². The van der Waals surface area contributed by atoms with E-state index in [0.29, 0.717) is 35.6 Å². The Bertz CT molecular complexity index is 1040. The van der Waals surface area contributed by atoms with Gasteiger partial charge < -0.3 is 16.4 Å². The van der Waals surface area contributed by atoms with Crippen molar-refractivity contribution in [3.63, 3.8) is 0 Å². The molecule has 1 heterocycles. The molecule has 7 heteroatoms. The van der Waals surface area contributed by atoms with Gasteiger partial charge in [-0.3, -0.25) is 19.3 Å². The summed E-state index contributed by atoms with van der Waals surface area (Å²) in [7, 11) is 0. The van der Waals surface area contributed by atoms with Crippen molar-refractivity contribution in [3.05, 3.63) is 59.2 Å². The van der Waals surface area contributed by atoms with Gasteiger partial charge in [0.2, 0.25) is 5.91 Å². The monoisotopic (exact) mass is 436 g/mol. The average Bonchev–Trinajstić information content (AvgIpc) is 2.75. The van der Waals surface area contributed by atoms with Gasteiger partial charge >= 0.3 is 0 Å². The highest BCUT2D eigenvalue weighted by Crippen LogP contribution is 2.32. The van der Waals surface area contributed by atoms with Gasteiger partial charge in [-0.2, -0.15) is 0 Å². The average molecular weight is 437 g/mol. The third-order valence-electron chi connectivity index (χ3n) is 5.65. The highest BCUT2D eigenvalue weighted by molar-refractivity contribution is 6.15. The zero-order valence-electron chi connectivity index (χ0n) is 19.4. The van der Waals surface area contributed by atoms with Crippen LogP contribution in [0.5, 0.6) is 0 Å². The summed E-state index contributed by atoms with van der Waals surface area (Å²) >= 11 is 0. The van der Waals surface area contributed by atoms with E-state index >= 15 is 0 Å². The molecule has 0 aromatic heterocycles. The number of anilines is 2. The van der Waals surface area contributed by atoms with E-state index in [2.05, 4.69) is 31.4 Å². The first-order valence-electron chi connectivity index (χ1n) is 10.8. The van der Waals surface area contributed by atoms with Crippen LogP contribution in [-0.4, -0.2) is 37.4 Å². The molecule has 0 saturated heterocycles. The van der Waals surface area contributed by atoms with E-state index in [1.807, 2.05) is 26.0 Å². The third-order valence-corrected chi connectivity index (χ3v) is 5.65. The number of nitrogens with one attached hydrogen (secondary N) is 2. The summed E-state index contributed by atoms with van der Waals surface area (Å²) in [4.78, 5) is 39.5. The molecule has 1 aliphatic heterocycles. The molecule has 7 nitrogen and oxygen atoms in total. The molecule has 3 rings (SSSR count). The molecule has 0 unspecified atom stereocenters. The molecule has 4 N–H and O–H groups in total. The fourth-order valence-electron chi connectivity index (χ4n) is 3.37. The van der Waals surface area contributed by atoms with E-state index in [1.165, 1.54) is 4.90 Å². The third kappa shape index (κ3) is 5.16. The van der Waals surface area contributed by atoms with E-state index in [9.17, 15) is 14.4 Å². The van der Waals surface area contributed by atoms with E-state index in [1.54, 1.807) is 30.3 Å². The van der Waals surface area contributed by atoms with Crippen LogP contribution >= 0.6 is 0 Å². The number of hydrogen-bond donors (Lipinski definition) is 3. The molecule has 0 atom stereocenters. The lowest BCUT2D eigenvalue weighted by Gasteiger charge is -2.30. The van der Waals surface area contributed by atoms with Gasteiger partial charge in [-0.05, 0) is 53.3 Å². The molecule has 0 aliphatic carbocycles. The summed E-state index contributed by atoms with van der Waals surface area (Å²) in [5, 5.41) is 5.64. The molecule has 170 valence electrons. The van der Waals surface area contributed by atoms with Crippen molar-refractivity contribution in [1.29, 1.82) is 0 Å². The van der Waals surface area contributed by atoms with Gasteiger partial charge in [0.25, 0.3) is 11.8 Å². The van der Waals surface area contributed by atoms with Crippen molar-refractivity contribution in [2.45, 2.75) is 40.0 Å². The minimum Gasteiger partial charge on any atom is -0.351 e. The van der Waals surface area contributed by atoms with Gasteiger partial charge in [0.15, 0.2) is 0 Å². The number of nitrogens with zero attached hydrogens (tertiary/aromatic N) is 1. The number of nitrogens with two attached hydrogens (primary N) is 1. The Kier molecular flexibility index (Phi) is 6.41. The normalized spacial score (nSPS) is 13.9. The molecule has 2 aromatic carbocycles. The van der Waals surface area contributed by atoms with Gasteiger partial charge in [-0.25, -0.2) is 0 Å². The zero-order chi connectivity index (χ0) is 23.7. The maximum Gasteiger partial charge on any atom is 0.258 e. The molecular weight excluding hydrogens is 404 g/mol. The van der Waals surface area contributed by atoms with Crippen LogP contribution < -0.4 is 21.3 Å². The Morgan fingerprint density at radius 3 is 2.25 bits per heavy atom. The van der Waals surface area contributed by atoms with Gasteiger partial charge in [0, 0.05) is 17.7 Å². The van der Waals surface area contributed by atoms with E-state index in [-0.39, 0.29) is 35.1 Å². The molecular formula is C25H32N4O3. The first-order chi connectivity index (χ1) is 14.9. The van der Waals surface area contributed by atoms with Crippen LogP contribution in [-0.2, 0) is 10.2 Å². The van der Waals surface area contributed by atoms with Crippen LogP contribution in [0.25, 0.3) is 0 Å². The minimum atomic E-state index is -0.306. The predicted octanol–water partition coefficient (Wildman–Crippen LogP) is 3.30. The van der Waals surface area contributed by atoms with Crippen LogP contribution in [0.4, 0.5) is 11.4 Å². The minimum absolute atomic E-state index is 0.0183. The number of carbonyl (C=O) groups is 3. The predicted molar refractivity (Wildman–Crippen MR) is 127 cm³/mol. The largest absolute Gasteiger partial charge is 0.351 e. The van der Waals surface area contributed by atoms with Gasteiger partial charge in [0.05, 0.1) is 11.4 Å². The maximum atomic E-state index is 13.2. The van der Waals surface area contributed by atoms with Crippen molar-refractivity contribution < 1.29 is 14.4 Å². The quantitative estimate of drug-likeness (QED) is 0.669. The smallest absolute Gasteiger partial charge is 0.258 e. The van der Waals surface area contributed by atoms with Crippen LogP contribution in [0.2, 0.25) is 0 Å². The Labute approximate surface area is 189 Å². The Morgan fingerprint density at radius 1 is 1.03 bits per heavy atom. The van der Waals surface area contributed by atoms with Gasteiger partial charge in [-0.15, -0.1) is 0 Å². The highest BCUT2D eigenvalue weighted by atomic mass is 16.2. The lowest BCUT2D eigenvalue weighted by Crippen LogP contribution is -2.42. The zero-order valence-corrected chi connectivity index (χ0v) is 19.4. The fourth-order valence-corrected chi connectivity index (χ4v) is 3.37. The number of amides is 3. The number of fused-ring (bicyclic) bond motifs is 1. The summed E-state index contributed by atoms with van der Waals surface area (Å²) < 4.78 is 0. The Morgan fingerprint density at radius 2 is 1.66 bits per heavy atom. The summed E-state index contributed by atoms with van der Waals surface area (Å²) in [6, 6.07) is 12.4. The summed E-state index contributed by atoms with van der Waals surface area (Å²) in [5.74, 6) is -0.827. The number of hydrogen-bond acceptors (Lipinski definition) is 4. The van der Waals surface area contributed by atoms with E-state index in [0.717, 1.165) is 5.56 Å². The van der Waals surface area contributed by atoms with Crippen molar-refractivity contribution in [2.75, 3.05) is 29.9 Å². The lowest BCUT2D eigenvalue weighted by molar-refractivity contribution is -0.115. The molecule has 0 saturated carbocycles. The number of benzene rings is 2. The molecule has 0 radical (unpaired) electrons. The topological polar surface area (TPSA) is 105 Å². The van der Waals surface area contributed by atoms with Crippen molar-refractivity contribution in [3.8, 4) is 0 Å². The lowest BCUT2D eigenvalue weighted by atomic mass is 9.86. The molecule has 3 amide bonds. The van der Waals surface area contributed by atoms with Crippen molar-refractivity contribution in [2.24, 2.45) is 11.1 Å². The molecule has 2 aromatic rings. The summed E-state index contributed by atoms with van der Waals surface area (Å²) in [5.41, 5.74) is 8.52. The summed E-state index contributed by atoms with van der Waals surface area (Å²) in [6.45, 7) is 11.1. The van der Waals surface area contributed by atoms with Crippen molar-refractivity contribution >= 4 is 29.1 Å². The van der Waals surface area contributed by atoms with Crippen LogP contribution in [0.15, 0.2) is 42.5 Å². The first kappa shape index (κ1) is 23.5. The molecule has 0 fully saturated rings. The Balaban J connectivity index is 1.84. The van der Waals surface area contributed by atoms with Crippen molar-refractivity contribution in [1.82, 2.24) is 5.32 Å². The second kappa shape index (κ2) is 8.74. The second-order valence-corrected chi connectivity index (χ2v) is 10.0. The van der Waals surface area contributed by atoms with Crippen LogP contribution in [0.1, 0.15) is 60.9 Å². The number of carbonyl (C=O) groups excluding carboxylic acids is 3. The van der Waals surface area contributed by atoms with Crippen LogP contribution in [0, 0.1) is 5.41 Å². The van der Waals surface area contributed by atoms with E-state index in [4.69, 9.17) is 5.73 Å².